The van der Waals surface area contributed by atoms with Gasteiger partial charge < -0.3 is 9.80 Å². The van der Waals surface area contributed by atoms with Crippen LogP contribution in [0.4, 0.5) is 10.1 Å². The molecule has 0 radical (unpaired) electrons. The van der Waals surface area contributed by atoms with E-state index in [0.29, 0.717) is 43.2 Å². The Morgan fingerprint density at radius 2 is 1.83 bits per heavy atom. The van der Waals surface area contributed by atoms with E-state index < -0.39 is 0 Å². The molecule has 0 aliphatic carbocycles. The smallest absolute Gasteiger partial charge is 0.254 e. The third-order valence-corrected chi connectivity index (χ3v) is 5.90. The lowest BCUT2D eigenvalue weighted by Crippen LogP contribution is -2.48. The highest BCUT2D eigenvalue weighted by Gasteiger charge is 2.25. The van der Waals surface area contributed by atoms with E-state index in [4.69, 9.17) is 11.6 Å². The van der Waals surface area contributed by atoms with Gasteiger partial charge in [0.25, 0.3) is 5.91 Å². The minimum absolute atomic E-state index is 0.0158. The van der Waals surface area contributed by atoms with Crippen molar-refractivity contribution in [2.75, 3.05) is 37.6 Å². The van der Waals surface area contributed by atoms with Gasteiger partial charge in [-0.1, -0.05) is 23.7 Å². The first-order chi connectivity index (χ1) is 14.0. The molecule has 2 amide bonds. The van der Waals surface area contributed by atoms with Crippen molar-refractivity contribution in [2.45, 2.75) is 19.4 Å². The first kappa shape index (κ1) is 19.9. The van der Waals surface area contributed by atoms with E-state index in [1.165, 1.54) is 12.1 Å². The SMILES string of the molecule is O=C(c1cccc(N2CCCC2=O)c1)N1CCN(Cc2ccc(F)cc2Cl)CC1. The van der Waals surface area contributed by atoms with Crippen LogP contribution in [-0.2, 0) is 11.3 Å². The average molecular weight is 416 g/mol. The Labute approximate surface area is 174 Å². The van der Waals surface area contributed by atoms with Gasteiger partial charge in [-0.2, -0.15) is 0 Å². The molecule has 0 aromatic heterocycles. The van der Waals surface area contributed by atoms with E-state index in [-0.39, 0.29) is 17.6 Å². The van der Waals surface area contributed by atoms with Crippen LogP contribution in [0.1, 0.15) is 28.8 Å². The van der Waals surface area contributed by atoms with Crippen molar-refractivity contribution in [3.63, 3.8) is 0 Å². The number of hydrogen-bond donors (Lipinski definition) is 0. The van der Waals surface area contributed by atoms with Crippen LogP contribution in [0.2, 0.25) is 5.02 Å². The minimum atomic E-state index is -0.341. The monoisotopic (exact) mass is 415 g/mol. The molecule has 0 spiro atoms. The number of nitrogens with zero attached hydrogens (tertiary/aromatic N) is 3. The molecule has 0 atom stereocenters. The van der Waals surface area contributed by atoms with Gasteiger partial charge in [-0.3, -0.25) is 14.5 Å². The van der Waals surface area contributed by atoms with Gasteiger partial charge in [-0.25, -0.2) is 4.39 Å². The first-order valence-electron chi connectivity index (χ1n) is 9.87. The Kier molecular flexibility index (Phi) is 5.83. The van der Waals surface area contributed by atoms with Crippen LogP contribution in [-0.4, -0.2) is 54.3 Å². The summed E-state index contributed by atoms with van der Waals surface area (Å²) in [6, 6.07) is 11.8. The molecule has 0 bridgehead atoms. The summed E-state index contributed by atoms with van der Waals surface area (Å²) in [7, 11) is 0. The molecule has 2 aliphatic heterocycles. The Balaban J connectivity index is 1.37. The molecule has 2 aliphatic rings. The summed E-state index contributed by atoms with van der Waals surface area (Å²) >= 11 is 6.13. The molecule has 2 fully saturated rings. The molecular weight excluding hydrogens is 393 g/mol. The quantitative estimate of drug-likeness (QED) is 0.766. The number of piperazine rings is 1. The summed E-state index contributed by atoms with van der Waals surface area (Å²) in [6.45, 7) is 4.03. The topological polar surface area (TPSA) is 43.9 Å². The number of amides is 2. The predicted molar refractivity (Wildman–Crippen MR) is 111 cm³/mol. The fraction of sp³-hybridized carbons (Fsp3) is 0.364. The highest BCUT2D eigenvalue weighted by molar-refractivity contribution is 6.31. The van der Waals surface area contributed by atoms with Crippen molar-refractivity contribution in [1.82, 2.24) is 9.80 Å². The van der Waals surface area contributed by atoms with Crippen LogP contribution in [0.5, 0.6) is 0 Å². The molecule has 29 heavy (non-hydrogen) atoms. The summed E-state index contributed by atoms with van der Waals surface area (Å²) in [5, 5.41) is 0.428. The molecule has 0 unspecified atom stereocenters. The normalized spacial score (nSPS) is 17.8. The van der Waals surface area contributed by atoms with Gasteiger partial charge in [0.2, 0.25) is 5.91 Å². The summed E-state index contributed by atoms with van der Waals surface area (Å²) in [5.41, 5.74) is 2.29. The maximum Gasteiger partial charge on any atom is 0.254 e. The van der Waals surface area contributed by atoms with Gasteiger partial charge in [-0.15, -0.1) is 0 Å². The molecular formula is C22H23ClFN3O2. The molecule has 5 nitrogen and oxygen atoms in total. The van der Waals surface area contributed by atoms with Crippen molar-refractivity contribution in [3.05, 3.63) is 64.4 Å². The average Bonchev–Trinajstić information content (AvgIpc) is 3.16. The van der Waals surface area contributed by atoms with Crippen molar-refractivity contribution in [2.24, 2.45) is 0 Å². The lowest BCUT2D eigenvalue weighted by Gasteiger charge is -2.35. The second-order valence-corrected chi connectivity index (χ2v) is 7.91. The van der Waals surface area contributed by atoms with Gasteiger partial charge in [0.1, 0.15) is 5.82 Å². The number of carbonyl (C=O) groups excluding carboxylic acids is 2. The van der Waals surface area contributed by atoms with E-state index in [0.717, 1.165) is 30.8 Å². The summed E-state index contributed by atoms with van der Waals surface area (Å²) in [6.07, 6.45) is 1.43. The molecule has 7 heteroatoms. The number of hydrogen-bond acceptors (Lipinski definition) is 3. The zero-order valence-electron chi connectivity index (χ0n) is 16.1. The van der Waals surface area contributed by atoms with Crippen molar-refractivity contribution in [1.29, 1.82) is 0 Å². The maximum absolute atomic E-state index is 13.2. The van der Waals surface area contributed by atoms with Crippen LogP contribution in [0.15, 0.2) is 42.5 Å². The summed E-state index contributed by atoms with van der Waals surface area (Å²) < 4.78 is 13.2. The molecule has 4 rings (SSSR count). The number of halogens is 2. The number of benzene rings is 2. The highest BCUT2D eigenvalue weighted by Crippen LogP contribution is 2.24. The molecule has 2 saturated heterocycles. The number of rotatable bonds is 4. The standard InChI is InChI=1S/C22H23ClFN3O2/c23-20-14-18(24)7-6-17(20)15-25-9-11-26(12-10-25)22(29)16-3-1-4-19(13-16)27-8-2-5-21(27)28/h1,3-4,6-7,13-14H,2,5,8-12,15H2. The van der Waals surface area contributed by atoms with Gasteiger partial charge >= 0.3 is 0 Å². The van der Waals surface area contributed by atoms with Crippen molar-refractivity contribution in [3.8, 4) is 0 Å². The van der Waals surface area contributed by atoms with E-state index in [2.05, 4.69) is 4.90 Å². The van der Waals surface area contributed by atoms with Crippen LogP contribution in [0.25, 0.3) is 0 Å². The van der Waals surface area contributed by atoms with E-state index in [9.17, 15) is 14.0 Å². The molecule has 2 aromatic carbocycles. The van der Waals surface area contributed by atoms with Gasteiger partial charge in [0, 0.05) is 62.0 Å². The van der Waals surface area contributed by atoms with Gasteiger partial charge in [-0.05, 0) is 42.3 Å². The Bertz CT molecular complexity index is 928. The predicted octanol–water partition coefficient (Wildman–Crippen LogP) is 3.56. The third kappa shape index (κ3) is 4.43. The largest absolute Gasteiger partial charge is 0.336 e. The zero-order chi connectivity index (χ0) is 20.4. The lowest BCUT2D eigenvalue weighted by molar-refractivity contribution is -0.117. The fourth-order valence-corrected chi connectivity index (χ4v) is 4.14. The second-order valence-electron chi connectivity index (χ2n) is 7.50. The lowest BCUT2D eigenvalue weighted by atomic mass is 10.1. The molecule has 152 valence electrons. The highest BCUT2D eigenvalue weighted by atomic mass is 35.5. The number of carbonyl (C=O) groups is 2. The molecule has 2 aromatic rings. The van der Waals surface area contributed by atoms with E-state index in [1.807, 2.05) is 23.1 Å². The Hall–Kier alpha value is -2.44. The fourth-order valence-electron chi connectivity index (χ4n) is 3.91. The van der Waals surface area contributed by atoms with Crippen molar-refractivity contribution >= 4 is 29.1 Å². The van der Waals surface area contributed by atoms with Crippen LogP contribution in [0.3, 0.4) is 0 Å². The van der Waals surface area contributed by atoms with E-state index >= 15 is 0 Å². The zero-order valence-corrected chi connectivity index (χ0v) is 16.9. The number of anilines is 1. The molecule has 2 heterocycles. The van der Waals surface area contributed by atoms with Gasteiger partial charge in [0.15, 0.2) is 0 Å². The third-order valence-electron chi connectivity index (χ3n) is 5.55. The molecule has 0 N–H and O–H groups in total. The van der Waals surface area contributed by atoms with Crippen LogP contribution in [0, 0.1) is 5.82 Å². The Morgan fingerprint density at radius 3 is 2.52 bits per heavy atom. The van der Waals surface area contributed by atoms with Crippen LogP contribution >= 0.6 is 11.6 Å². The van der Waals surface area contributed by atoms with Crippen LogP contribution < -0.4 is 4.90 Å². The molecule has 0 saturated carbocycles. The minimum Gasteiger partial charge on any atom is -0.336 e. The summed E-state index contributed by atoms with van der Waals surface area (Å²) in [5.74, 6) is -0.243. The van der Waals surface area contributed by atoms with E-state index in [1.54, 1.807) is 17.0 Å². The van der Waals surface area contributed by atoms with Gasteiger partial charge in [0.05, 0.1) is 0 Å². The Morgan fingerprint density at radius 1 is 1.03 bits per heavy atom. The summed E-state index contributed by atoms with van der Waals surface area (Å²) in [4.78, 5) is 30.7. The second kappa shape index (κ2) is 8.51. The van der Waals surface area contributed by atoms with Crippen molar-refractivity contribution < 1.29 is 14.0 Å². The maximum atomic E-state index is 13.2. The first-order valence-corrected chi connectivity index (χ1v) is 10.2.